The Bertz CT molecular complexity index is 348. The van der Waals surface area contributed by atoms with Crippen LogP contribution in [0, 0.1) is 13.3 Å². The lowest BCUT2D eigenvalue weighted by Gasteiger charge is -2.19. The van der Waals surface area contributed by atoms with Crippen molar-refractivity contribution >= 4 is 6.03 Å². The molecule has 1 saturated heterocycles. The van der Waals surface area contributed by atoms with Crippen LogP contribution in [-0.4, -0.2) is 22.5 Å². The van der Waals surface area contributed by atoms with Gasteiger partial charge in [0, 0.05) is 6.54 Å². The summed E-state index contributed by atoms with van der Waals surface area (Å²) in [5.74, 6) is 1.31. The van der Waals surface area contributed by atoms with Gasteiger partial charge in [0.05, 0.1) is 6.20 Å². The van der Waals surface area contributed by atoms with Crippen molar-refractivity contribution in [2.24, 2.45) is 5.73 Å². The average Bonchev–Trinajstić information content (AvgIpc) is 2.70. The van der Waals surface area contributed by atoms with Gasteiger partial charge in [0.15, 0.2) is 0 Å². The van der Waals surface area contributed by atoms with Crippen molar-refractivity contribution < 1.29 is 9.21 Å². The minimum Gasteiger partial charge on any atom is -0.444 e. The molecule has 5 nitrogen and oxygen atoms in total. The second-order valence-corrected chi connectivity index (χ2v) is 3.34. The lowest BCUT2D eigenvalue weighted by Crippen LogP contribution is -2.35. The predicted molar refractivity (Wildman–Crippen MR) is 49.2 cm³/mol. The van der Waals surface area contributed by atoms with Crippen molar-refractivity contribution in [3.8, 4) is 0 Å². The summed E-state index contributed by atoms with van der Waals surface area (Å²) < 4.78 is 5.37. The molecule has 1 aliphatic rings. The number of aromatic nitrogens is 1. The highest BCUT2D eigenvalue weighted by atomic mass is 16.4. The number of amides is 2. The summed E-state index contributed by atoms with van der Waals surface area (Å²) in [5.41, 5.74) is 5.23. The zero-order chi connectivity index (χ0) is 10.1. The normalized spacial score (nSPS) is 21.5. The number of primary amides is 1. The van der Waals surface area contributed by atoms with Gasteiger partial charge in [-0.05, 0) is 19.8 Å². The average molecular weight is 194 g/mol. The van der Waals surface area contributed by atoms with Gasteiger partial charge in [-0.1, -0.05) is 0 Å². The number of nitrogens with zero attached hydrogens (tertiary/aromatic N) is 2. The summed E-state index contributed by atoms with van der Waals surface area (Å²) in [6.45, 7) is 2.39. The van der Waals surface area contributed by atoms with E-state index in [1.165, 1.54) is 0 Å². The van der Waals surface area contributed by atoms with Crippen molar-refractivity contribution in [1.29, 1.82) is 0 Å². The van der Waals surface area contributed by atoms with Crippen LogP contribution >= 0.6 is 0 Å². The van der Waals surface area contributed by atoms with Crippen LogP contribution in [-0.2, 0) is 0 Å². The molecule has 1 aromatic heterocycles. The SMILES string of the molecule is Cc1cnc([C@@H]2C[CH]CN2C(N)=O)o1. The highest BCUT2D eigenvalue weighted by Gasteiger charge is 2.31. The molecule has 1 aromatic rings. The summed E-state index contributed by atoms with van der Waals surface area (Å²) in [5, 5.41) is 0. The van der Waals surface area contributed by atoms with Gasteiger partial charge in [0.25, 0.3) is 0 Å². The molecule has 14 heavy (non-hydrogen) atoms. The maximum Gasteiger partial charge on any atom is 0.315 e. The summed E-state index contributed by atoms with van der Waals surface area (Å²) in [7, 11) is 0. The van der Waals surface area contributed by atoms with E-state index < -0.39 is 6.03 Å². The van der Waals surface area contributed by atoms with Gasteiger partial charge in [-0.3, -0.25) is 0 Å². The van der Waals surface area contributed by atoms with Crippen LogP contribution in [0.15, 0.2) is 10.6 Å². The van der Waals surface area contributed by atoms with E-state index in [9.17, 15) is 4.79 Å². The zero-order valence-corrected chi connectivity index (χ0v) is 7.93. The number of urea groups is 1. The van der Waals surface area contributed by atoms with Crippen molar-refractivity contribution in [2.45, 2.75) is 19.4 Å². The summed E-state index contributed by atoms with van der Waals surface area (Å²) in [4.78, 5) is 16.7. The molecule has 5 heteroatoms. The minimum absolute atomic E-state index is 0.124. The van der Waals surface area contributed by atoms with Crippen molar-refractivity contribution in [1.82, 2.24) is 9.88 Å². The van der Waals surface area contributed by atoms with Crippen molar-refractivity contribution in [3.05, 3.63) is 24.3 Å². The molecule has 0 unspecified atom stereocenters. The van der Waals surface area contributed by atoms with Crippen molar-refractivity contribution in [2.75, 3.05) is 6.54 Å². The van der Waals surface area contributed by atoms with Gasteiger partial charge in [0.1, 0.15) is 11.8 Å². The first-order valence-corrected chi connectivity index (χ1v) is 4.48. The molecule has 0 aromatic carbocycles. The fraction of sp³-hybridized carbons (Fsp3) is 0.444. The van der Waals surface area contributed by atoms with Gasteiger partial charge < -0.3 is 15.1 Å². The highest BCUT2D eigenvalue weighted by Crippen LogP contribution is 2.30. The Morgan fingerprint density at radius 3 is 3.14 bits per heavy atom. The van der Waals surface area contributed by atoms with Crippen LogP contribution in [0.1, 0.15) is 24.1 Å². The molecule has 2 heterocycles. The van der Waals surface area contributed by atoms with Gasteiger partial charge in [-0.25, -0.2) is 9.78 Å². The quantitative estimate of drug-likeness (QED) is 0.725. The third kappa shape index (κ3) is 1.45. The first kappa shape index (κ1) is 9.05. The number of nitrogens with two attached hydrogens (primary N) is 1. The molecule has 1 atom stereocenters. The largest absolute Gasteiger partial charge is 0.444 e. The smallest absolute Gasteiger partial charge is 0.315 e. The van der Waals surface area contributed by atoms with Gasteiger partial charge in [0.2, 0.25) is 5.89 Å². The van der Waals surface area contributed by atoms with Crippen LogP contribution in [0.2, 0.25) is 0 Å². The maximum atomic E-state index is 11.1. The molecular weight excluding hydrogens is 182 g/mol. The Labute approximate surface area is 81.9 Å². The Morgan fingerprint density at radius 1 is 1.79 bits per heavy atom. The Hall–Kier alpha value is -1.52. The minimum atomic E-state index is -0.431. The second kappa shape index (κ2) is 3.32. The van der Waals surface area contributed by atoms with Crippen LogP contribution in [0.5, 0.6) is 0 Å². The molecule has 2 amide bonds. The molecule has 0 bridgehead atoms. The van der Waals surface area contributed by atoms with Crippen LogP contribution in [0.3, 0.4) is 0 Å². The highest BCUT2D eigenvalue weighted by molar-refractivity contribution is 5.73. The van der Waals surface area contributed by atoms with E-state index in [4.69, 9.17) is 10.2 Å². The second-order valence-electron chi connectivity index (χ2n) is 3.34. The first-order chi connectivity index (χ1) is 6.68. The number of hydrogen-bond acceptors (Lipinski definition) is 3. The molecule has 1 aliphatic heterocycles. The topological polar surface area (TPSA) is 72.4 Å². The molecule has 1 fully saturated rings. The lowest BCUT2D eigenvalue weighted by molar-refractivity contribution is 0.193. The lowest BCUT2D eigenvalue weighted by atomic mass is 10.2. The molecule has 0 aliphatic carbocycles. The third-order valence-electron chi connectivity index (χ3n) is 2.30. The van der Waals surface area contributed by atoms with E-state index in [0.717, 1.165) is 12.2 Å². The monoisotopic (exact) mass is 194 g/mol. The number of hydrogen-bond donors (Lipinski definition) is 1. The summed E-state index contributed by atoms with van der Waals surface area (Å²) >= 11 is 0. The zero-order valence-electron chi connectivity index (χ0n) is 7.93. The van der Waals surface area contributed by atoms with Gasteiger partial charge >= 0.3 is 6.03 Å². The number of oxazole rings is 1. The summed E-state index contributed by atoms with van der Waals surface area (Å²) in [6.07, 6.45) is 4.39. The number of carbonyl (C=O) groups excluding carboxylic acids is 1. The fourth-order valence-electron chi connectivity index (χ4n) is 1.63. The van der Waals surface area contributed by atoms with E-state index in [2.05, 4.69) is 4.98 Å². The van der Waals surface area contributed by atoms with Crippen LogP contribution < -0.4 is 5.73 Å². The Kier molecular flexibility index (Phi) is 2.15. The third-order valence-corrected chi connectivity index (χ3v) is 2.30. The number of rotatable bonds is 1. The predicted octanol–water partition coefficient (Wildman–Crippen LogP) is 1.01. The van der Waals surface area contributed by atoms with E-state index in [1.807, 2.05) is 13.3 Å². The fourth-order valence-corrected chi connectivity index (χ4v) is 1.63. The first-order valence-electron chi connectivity index (χ1n) is 4.48. The van der Waals surface area contributed by atoms with Crippen LogP contribution in [0.25, 0.3) is 0 Å². The molecule has 0 saturated carbocycles. The Balaban J connectivity index is 2.21. The van der Waals surface area contributed by atoms with E-state index in [-0.39, 0.29) is 6.04 Å². The standard InChI is InChI=1S/C9H12N3O2/c1-6-5-11-8(14-6)7-3-2-4-12(7)9(10)13/h2,5,7H,3-4H2,1H3,(H2,10,13)/t7-/m0/s1. The van der Waals surface area contributed by atoms with Crippen molar-refractivity contribution in [3.63, 3.8) is 0 Å². The molecule has 2 N–H and O–H groups in total. The summed E-state index contributed by atoms with van der Waals surface area (Å²) in [6, 6.07) is -0.555. The molecule has 75 valence electrons. The van der Waals surface area contributed by atoms with Crippen LogP contribution in [0.4, 0.5) is 4.79 Å². The van der Waals surface area contributed by atoms with Gasteiger partial charge in [-0.15, -0.1) is 0 Å². The molecule has 2 rings (SSSR count). The number of likely N-dealkylation sites (tertiary alicyclic amines) is 1. The molecular formula is C9H12N3O2. The number of aryl methyl sites for hydroxylation is 1. The van der Waals surface area contributed by atoms with E-state index in [1.54, 1.807) is 11.1 Å². The van der Waals surface area contributed by atoms with Gasteiger partial charge in [-0.2, -0.15) is 0 Å². The van der Waals surface area contributed by atoms with E-state index in [0.29, 0.717) is 12.4 Å². The Morgan fingerprint density at radius 2 is 2.57 bits per heavy atom. The maximum absolute atomic E-state index is 11.1. The molecule has 0 spiro atoms. The number of carbonyl (C=O) groups is 1. The molecule has 1 radical (unpaired) electrons. The van der Waals surface area contributed by atoms with E-state index >= 15 is 0 Å².